The van der Waals surface area contributed by atoms with Crippen molar-refractivity contribution in [1.29, 1.82) is 0 Å². The van der Waals surface area contributed by atoms with Crippen molar-refractivity contribution in [3.8, 4) is 0 Å². The Balaban J connectivity index is 2.07. The van der Waals surface area contributed by atoms with Crippen LogP contribution in [0.15, 0.2) is 18.5 Å². The molecule has 5 nitrogen and oxygen atoms in total. The Morgan fingerprint density at radius 2 is 2.35 bits per heavy atom. The minimum absolute atomic E-state index is 0.183. The van der Waals surface area contributed by atoms with E-state index in [1.54, 1.807) is 17.9 Å². The number of hydrogen-bond acceptors (Lipinski definition) is 4. The van der Waals surface area contributed by atoms with Gasteiger partial charge in [-0.15, -0.1) is 0 Å². The Morgan fingerprint density at radius 3 is 3.05 bits per heavy atom. The molecule has 1 aromatic heterocycles. The number of aromatic nitrogens is 1. The third-order valence-corrected chi connectivity index (χ3v) is 3.66. The normalized spacial score (nSPS) is 18.7. The summed E-state index contributed by atoms with van der Waals surface area (Å²) in [5.41, 5.74) is 0.374. The number of hydrogen-bond donors (Lipinski definition) is 0. The fraction of sp³-hybridized carbons (Fsp3) is 0.500. The first kappa shape index (κ1) is 14.8. The van der Waals surface area contributed by atoms with Crippen molar-refractivity contribution in [2.45, 2.75) is 19.8 Å². The van der Waals surface area contributed by atoms with Crippen molar-refractivity contribution >= 4 is 23.5 Å². The van der Waals surface area contributed by atoms with Crippen LogP contribution in [0.5, 0.6) is 0 Å². The maximum atomic E-state index is 12.4. The Hall–Kier alpha value is -1.62. The molecule has 0 saturated carbocycles. The summed E-state index contributed by atoms with van der Waals surface area (Å²) in [5.74, 6) is -0.664. The summed E-state index contributed by atoms with van der Waals surface area (Å²) in [4.78, 5) is 29.7. The third-order valence-electron chi connectivity index (χ3n) is 3.33. The summed E-state index contributed by atoms with van der Waals surface area (Å²) in [6.45, 7) is 3.14. The smallest absolute Gasteiger partial charge is 0.310 e. The Morgan fingerprint density at radius 1 is 1.55 bits per heavy atom. The molecule has 20 heavy (non-hydrogen) atoms. The van der Waals surface area contributed by atoms with Crippen LogP contribution in [0.4, 0.5) is 0 Å². The van der Waals surface area contributed by atoms with Gasteiger partial charge in [0.1, 0.15) is 0 Å². The van der Waals surface area contributed by atoms with E-state index >= 15 is 0 Å². The lowest BCUT2D eigenvalue weighted by Crippen LogP contribution is -2.42. The molecule has 1 saturated heterocycles. The maximum Gasteiger partial charge on any atom is 0.310 e. The van der Waals surface area contributed by atoms with Gasteiger partial charge in [0, 0.05) is 25.5 Å². The van der Waals surface area contributed by atoms with E-state index in [4.69, 9.17) is 16.3 Å². The second-order valence-electron chi connectivity index (χ2n) is 4.70. The molecule has 1 aromatic rings. The van der Waals surface area contributed by atoms with Gasteiger partial charge < -0.3 is 9.64 Å². The van der Waals surface area contributed by atoms with Crippen molar-refractivity contribution < 1.29 is 14.3 Å². The fourth-order valence-corrected chi connectivity index (χ4v) is 2.51. The van der Waals surface area contributed by atoms with Crippen LogP contribution in [-0.4, -0.2) is 41.5 Å². The van der Waals surface area contributed by atoms with E-state index in [1.807, 2.05) is 0 Å². The van der Waals surface area contributed by atoms with Gasteiger partial charge in [-0.2, -0.15) is 0 Å². The van der Waals surface area contributed by atoms with Crippen LogP contribution in [0.25, 0.3) is 0 Å². The molecule has 108 valence electrons. The van der Waals surface area contributed by atoms with Crippen LogP contribution in [0, 0.1) is 5.92 Å². The number of esters is 1. The molecule has 2 heterocycles. The molecule has 1 aliphatic heterocycles. The van der Waals surface area contributed by atoms with Gasteiger partial charge in [0.2, 0.25) is 0 Å². The van der Waals surface area contributed by atoms with Gasteiger partial charge in [0.05, 0.1) is 23.1 Å². The van der Waals surface area contributed by atoms with Crippen molar-refractivity contribution in [2.75, 3.05) is 19.7 Å². The van der Waals surface area contributed by atoms with Gasteiger partial charge in [-0.05, 0) is 25.8 Å². The average molecular weight is 297 g/mol. The first-order valence-electron chi connectivity index (χ1n) is 6.69. The predicted octanol–water partition coefficient (Wildman–Crippen LogP) is 2.15. The predicted molar refractivity (Wildman–Crippen MR) is 74.5 cm³/mol. The number of carbonyl (C=O) groups is 2. The van der Waals surface area contributed by atoms with E-state index in [1.165, 1.54) is 12.4 Å². The second kappa shape index (κ2) is 6.70. The van der Waals surface area contributed by atoms with Crippen molar-refractivity contribution in [1.82, 2.24) is 9.88 Å². The highest BCUT2D eigenvalue weighted by Gasteiger charge is 2.30. The van der Waals surface area contributed by atoms with Crippen LogP contribution in [-0.2, 0) is 9.53 Å². The quantitative estimate of drug-likeness (QED) is 0.802. The number of carbonyl (C=O) groups excluding carboxylic acids is 2. The van der Waals surface area contributed by atoms with E-state index in [0.29, 0.717) is 30.3 Å². The monoisotopic (exact) mass is 296 g/mol. The first-order valence-corrected chi connectivity index (χ1v) is 7.06. The SMILES string of the molecule is CCOC(=O)[C@@H]1CCCN(C(=O)c2cnccc2Cl)C1. The molecule has 0 aromatic carbocycles. The lowest BCUT2D eigenvalue weighted by molar-refractivity contribution is -0.149. The largest absolute Gasteiger partial charge is 0.466 e. The molecule has 6 heteroatoms. The summed E-state index contributed by atoms with van der Waals surface area (Å²) in [6, 6.07) is 1.58. The van der Waals surface area contributed by atoms with E-state index in [-0.39, 0.29) is 17.8 Å². The van der Waals surface area contributed by atoms with Gasteiger partial charge in [-0.3, -0.25) is 14.6 Å². The van der Waals surface area contributed by atoms with Gasteiger partial charge >= 0.3 is 5.97 Å². The molecule has 0 unspecified atom stereocenters. The zero-order chi connectivity index (χ0) is 14.5. The number of halogens is 1. The second-order valence-corrected chi connectivity index (χ2v) is 5.11. The number of amides is 1. The van der Waals surface area contributed by atoms with E-state index in [2.05, 4.69) is 4.98 Å². The summed E-state index contributed by atoms with van der Waals surface area (Å²) in [7, 11) is 0. The third kappa shape index (κ3) is 3.28. The van der Waals surface area contributed by atoms with E-state index in [9.17, 15) is 9.59 Å². The van der Waals surface area contributed by atoms with Gasteiger partial charge in [-0.1, -0.05) is 11.6 Å². The zero-order valence-electron chi connectivity index (χ0n) is 11.3. The molecule has 1 atom stereocenters. The summed E-state index contributed by atoms with van der Waals surface area (Å²) in [6.07, 6.45) is 4.53. The number of likely N-dealkylation sites (tertiary alicyclic amines) is 1. The van der Waals surface area contributed by atoms with Crippen LogP contribution in [0.2, 0.25) is 5.02 Å². The Kier molecular flexibility index (Phi) is 4.95. The van der Waals surface area contributed by atoms with Crippen molar-refractivity contribution in [3.63, 3.8) is 0 Å². The van der Waals surface area contributed by atoms with Gasteiger partial charge in [-0.25, -0.2) is 0 Å². The summed E-state index contributed by atoms with van der Waals surface area (Å²) >= 11 is 6.01. The van der Waals surface area contributed by atoms with Gasteiger partial charge in [0.25, 0.3) is 5.91 Å². The van der Waals surface area contributed by atoms with Crippen LogP contribution in [0.1, 0.15) is 30.1 Å². The molecule has 0 spiro atoms. The van der Waals surface area contributed by atoms with Crippen LogP contribution < -0.4 is 0 Å². The first-order chi connectivity index (χ1) is 9.63. The highest BCUT2D eigenvalue weighted by Crippen LogP contribution is 2.22. The standard InChI is InChI=1S/C14H17ClN2O3/c1-2-20-14(19)10-4-3-7-17(9-10)13(18)11-8-16-6-5-12(11)15/h5-6,8,10H,2-4,7,9H2,1H3/t10-/m1/s1. The highest BCUT2D eigenvalue weighted by molar-refractivity contribution is 6.33. The molecule has 1 fully saturated rings. The number of nitrogens with zero attached hydrogens (tertiary/aromatic N) is 2. The molecule has 0 aliphatic carbocycles. The number of rotatable bonds is 3. The molecule has 2 rings (SSSR count). The molecule has 0 radical (unpaired) electrons. The number of ether oxygens (including phenoxy) is 1. The summed E-state index contributed by atoms with van der Waals surface area (Å²) in [5, 5.41) is 0.378. The minimum Gasteiger partial charge on any atom is -0.466 e. The average Bonchev–Trinajstić information content (AvgIpc) is 2.47. The molecular formula is C14H17ClN2O3. The summed E-state index contributed by atoms with van der Waals surface area (Å²) < 4.78 is 5.02. The molecule has 1 amide bonds. The lowest BCUT2D eigenvalue weighted by atomic mass is 9.97. The minimum atomic E-state index is -0.247. The zero-order valence-corrected chi connectivity index (χ0v) is 12.1. The van der Waals surface area contributed by atoms with Crippen molar-refractivity contribution in [3.05, 3.63) is 29.0 Å². The number of pyridine rings is 1. The van der Waals surface area contributed by atoms with E-state index in [0.717, 1.165) is 12.8 Å². The van der Waals surface area contributed by atoms with Crippen LogP contribution in [0.3, 0.4) is 0 Å². The number of piperidine rings is 1. The lowest BCUT2D eigenvalue weighted by Gasteiger charge is -2.31. The molecule has 0 N–H and O–H groups in total. The Labute approximate surface area is 122 Å². The molecule has 0 bridgehead atoms. The fourth-order valence-electron chi connectivity index (χ4n) is 2.32. The highest BCUT2D eigenvalue weighted by atomic mass is 35.5. The molecular weight excluding hydrogens is 280 g/mol. The Bertz CT molecular complexity index is 507. The topological polar surface area (TPSA) is 59.5 Å². The van der Waals surface area contributed by atoms with Crippen molar-refractivity contribution in [2.24, 2.45) is 5.92 Å². The van der Waals surface area contributed by atoms with Crippen LogP contribution >= 0.6 is 11.6 Å². The van der Waals surface area contributed by atoms with Gasteiger partial charge in [0.15, 0.2) is 0 Å². The maximum absolute atomic E-state index is 12.4. The van der Waals surface area contributed by atoms with E-state index < -0.39 is 0 Å². The molecule has 1 aliphatic rings.